The van der Waals surface area contributed by atoms with E-state index >= 15 is 0 Å². The highest BCUT2D eigenvalue weighted by atomic mass is 35.5. The van der Waals surface area contributed by atoms with Crippen molar-refractivity contribution < 1.29 is 0 Å². The highest BCUT2D eigenvalue weighted by Crippen LogP contribution is 2.38. The average molecular weight is 342 g/mol. The Morgan fingerprint density at radius 1 is 0.850 bits per heavy atom. The minimum Gasteiger partial charge on any atom is -0.215 e. The van der Waals surface area contributed by atoms with E-state index in [1.807, 2.05) is 35.7 Å². The van der Waals surface area contributed by atoms with Gasteiger partial charge in [-0.15, -0.1) is 11.3 Å². The maximum absolute atomic E-state index is 6.27. The summed E-state index contributed by atoms with van der Waals surface area (Å²) in [6.07, 6.45) is 0. The second-order valence-electron chi connectivity index (χ2n) is 3.96. The van der Waals surface area contributed by atoms with Crippen molar-refractivity contribution in [3.05, 3.63) is 57.1 Å². The summed E-state index contributed by atoms with van der Waals surface area (Å²) < 4.78 is 0. The average Bonchev–Trinajstić information content (AvgIpc) is 2.94. The molecule has 0 bridgehead atoms. The highest BCUT2D eigenvalue weighted by molar-refractivity contribution is 7.13. The number of halogens is 3. The third-order valence-electron chi connectivity index (χ3n) is 2.71. The lowest BCUT2D eigenvalue weighted by atomic mass is 10.1. The monoisotopic (exact) mass is 340 g/mol. The van der Waals surface area contributed by atoms with Crippen LogP contribution in [0.25, 0.3) is 21.8 Å². The van der Waals surface area contributed by atoms with E-state index < -0.39 is 0 Å². The molecule has 0 N–H and O–H groups in total. The van der Waals surface area contributed by atoms with Gasteiger partial charge in [0, 0.05) is 10.6 Å². The van der Waals surface area contributed by atoms with Crippen LogP contribution >= 0.6 is 46.1 Å². The maximum atomic E-state index is 6.27. The zero-order valence-electron chi connectivity index (χ0n) is 9.98. The second kappa shape index (κ2) is 5.70. The van der Waals surface area contributed by atoms with Crippen LogP contribution in [0.1, 0.15) is 0 Å². The minimum absolute atomic E-state index is 0.293. The van der Waals surface area contributed by atoms with Crippen molar-refractivity contribution >= 4 is 46.1 Å². The number of nitrogens with zero attached hydrogens (tertiary/aromatic N) is 2. The summed E-state index contributed by atoms with van der Waals surface area (Å²) in [4.78, 5) is 9.55. The lowest BCUT2D eigenvalue weighted by Crippen LogP contribution is -1.93. The zero-order chi connectivity index (χ0) is 14.1. The normalized spacial score (nSPS) is 10.8. The Hall–Kier alpha value is -1.13. The predicted molar refractivity (Wildman–Crippen MR) is 85.8 cm³/mol. The Bertz CT molecular complexity index is 734. The summed E-state index contributed by atoms with van der Waals surface area (Å²) >= 11 is 20.2. The molecule has 0 amide bonds. The van der Waals surface area contributed by atoms with Crippen molar-refractivity contribution in [1.29, 1.82) is 0 Å². The molecule has 2 nitrogen and oxygen atoms in total. The Morgan fingerprint density at radius 2 is 1.55 bits per heavy atom. The lowest BCUT2D eigenvalue weighted by Gasteiger charge is -2.09. The molecule has 6 heteroatoms. The Balaban J connectivity index is 2.17. The van der Waals surface area contributed by atoms with E-state index in [0.29, 0.717) is 26.7 Å². The summed E-state index contributed by atoms with van der Waals surface area (Å²) in [5.41, 5.74) is 1.28. The van der Waals surface area contributed by atoms with Crippen molar-refractivity contribution in [1.82, 2.24) is 9.97 Å². The van der Waals surface area contributed by atoms with E-state index in [0.717, 1.165) is 10.4 Å². The molecule has 20 heavy (non-hydrogen) atoms. The largest absolute Gasteiger partial charge is 0.215 e. The van der Waals surface area contributed by atoms with Crippen molar-refractivity contribution in [2.45, 2.75) is 0 Å². The first kappa shape index (κ1) is 13.8. The van der Waals surface area contributed by atoms with Gasteiger partial charge in [-0.2, -0.15) is 0 Å². The molecule has 3 aromatic rings. The molecule has 100 valence electrons. The summed E-state index contributed by atoms with van der Waals surface area (Å²) in [6, 6.07) is 11.2. The van der Waals surface area contributed by atoms with Crippen molar-refractivity contribution in [2.24, 2.45) is 0 Å². The molecule has 1 aromatic carbocycles. The van der Waals surface area contributed by atoms with Gasteiger partial charge in [-0.25, -0.2) is 9.97 Å². The van der Waals surface area contributed by atoms with Gasteiger partial charge in [0.25, 0.3) is 0 Å². The molecule has 0 unspecified atom stereocenters. The summed E-state index contributed by atoms with van der Waals surface area (Å²) in [6.45, 7) is 0. The van der Waals surface area contributed by atoms with Gasteiger partial charge in [-0.05, 0) is 17.5 Å². The van der Waals surface area contributed by atoms with E-state index in [1.54, 1.807) is 6.07 Å². The van der Waals surface area contributed by atoms with E-state index in [1.165, 1.54) is 11.3 Å². The van der Waals surface area contributed by atoms with Crippen LogP contribution in [0, 0.1) is 0 Å². The van der Waals surface area contributed by atoms with Crippen molar-refractivity contribution in [3.8, 4) is 21.8 Å². The molecule has 0 saturated heterocycles. The van der Waals surface area contributed by atoms with Crippen LogP contribution in [0.4, 0.5) is 0 Å². The maximum Gasteiger partial charge on any atom is 0.172 e. The molecule has 0 aliphatic carbocycles. The zero-order valence-corrected chi connectivity index (χ0v) is 13.1. The smallest absolute Gasteiger partial charge is 0.172 e. The van der Waals surface area contributed by atoms with Gasteiger partial charge in [0.2, 0.25) is 0 Å². The fraction of sp³-hybridized carbons (Fsp3) is 0. The number of hydrogen-bond acceptors (Lipinski definition) is 3. The number of hydrogen-bond donors (Lipinski definition) is 0. The third kappa shape index (κ3) is 2.54. The van der Waals surface area contributed by atoms with Crippen LogP contribution in [-0.4, -0.2) is 9.97 Å². The first-order valence-corrected chi connectivity index (χ1v) is 7.70. The molecule has 0 aliphatic rings. The van der Waals surface area contributed by atoms with Gasteiger partial charge >= 0.3 is 0 Å². The Kier molecular flexibility index (Phi) is 3.94. The SMILES string of the molecule is Clc1ccccc1-c1c(Cl)nc(-c2cccs2)nc1Cl. The molecule has 2 aromatic heterocycles. The first-order valence-electron chi connectivity index (χ1n) is 5.68. The molecular formula is C14H7Cl3N2S. The third-order valence-corrected chi connectivity index (χ3v) is 4.45. The number of benzene rings is 1. The predicted octanol–water partition coefficient (Wildman–Crippen LogP) is 5.83. The van der Waals surface area contributed by atoms with Crippen molar-refractivity contribution in [2.75, 3.05) is 0 Å². The summed E-state index contributed by atoms with van der Waals surface area (Å²) in [5.74, 6) is 0.519. The molecule has 0 saturated carbocycles. The number of thiophene rings is 1. The van der Waals surface area contributed by atoms with Gasteiger partial charge in [-0.1, -0.05) is 59.1 Å². The summed E-state index contributed by atoms with van der Waals surface area (Å²) in [7, 11) is 0. The molecular weight excluding hydrogens is 335 g/mol. The standard InChI is InChI=1S/C14H7Cl3N2S/c15-9-5-2-1-4-8(9)11-12(16)18-14(19-13(11)17)10-6-3-7-20-10/h1-7H. The molecule has 2 heterocycles. The quantitative estimate of drug-likeness (QED) is 0.548. The molecule has 0 fully saturated rings. The number of rotatable bonds is 2. The second-order valence-corrected chi connectivity index (χ2v) is 6.03. The van der Waals surface area contributed by atoms with Gasteiger partial charge in [0.15, 0.2) is 5.82 Å². The highest BCUT2D eigenvalue weighted by Gasteiger charge is 2.16. The fourth-order valence-corrected chi connectivity index (χ4v) is 3.29. The lowest BCUT2D eigenvalue weighted by molar-refractivity contribution is 1.19. The van der Waals surface area contributed by atoms with Crippen molar-refractivity contribution in [3.63, 3.8) is 0 Å². The molecule has 0 radical (unpaired) electrons. The Labute approximate surface area is 135 Å². The van der Waals surface area contributed by atoms with E-state index in [4.69, 9.17) is 34.8 Å². The van der Waals surface area contributed by atoms with Crippen LogP contribution in [0.2, 0.25) is 15.3 Å². The van der Waals surface area contributed by atoms with Gasteiger partial charge in [0.1, 0.15) is 10.3 Å². The van der Waals surface area contributed by atoms with E-state index in [9.17, 15) is 0 Å². The summed E-state index contributed by atoms with van der Waals surface area (Å²) in [5, 5.41) is 3.09. The van der Waals surface area contributed by atoms with Gasteiger partial charge < -0.3 is 0 Å². The van der Waals surface area contributed by atoms with Crippen LogP contribution in [-0.2, 0) is 0 Å². The number of aromatic nitrogens is 2. The van der Waals surface area contributed by atoms with E-state index in [-0.39, 0.29) is 0 Å². The van der Waals surface area contributed by atoms with Gasteiger partial charge in [-0.3, -0.25) is 0 Å². The molecule has 0 atom stereocenters. The van der Waals surface area contributed by atoms with Crippen LogP contribution in [0.3, 0.4) is 0 Å². The van der Waals surface area contributed by atoms with Crippen LogP contribution in [0.5, 0.6) is 0 Å². The first-order chi connectivity index (χ1) is 9.66. The molecule has 0 spiro atoms. The minimum atomic E-state index is 0.293. The molecule has 3 rings (SSSR count). The van der Waals surface area contributed by atoms with Crippen LogP contribution < -0.4 is 0 Å². The van der Waals surface area contributed by atoms with E-state index in [2.05, 4.69) is 9.97 Å². The fourth-order valence-electron chi connectivity index (χ4n) is 1.81. The van der Waals surface area contributed by atoms with Gasteiger partial charge in [0.05, 0.1) is 10.4 Å². The topological polar surface area (TPSA) is 25.8 Å². The molecule has 0 aliphatic heterocycles. The Morgan fingerprint density at radius 3 is 2.15 bits per heavy atom. The van der Waals surface area contributed by atoms with Crippen LogP contribution in [0.15, 0.2) is 41.8 Å².